The first kappa shape index (κ1) is 13.2. The van der Waals surface area contributed by atoms with Crippen molar-refractivity contribution in [2.24, 2.45) is 0 Å². The summed E-state index contributed by atoms with van der Waals surface area (Å²) in [5.41, 5.74) is 2.00. The van der Waals surface area contributed by atoms with E-state index in [0.29, 0.717) is 11.0 Å². The van der Waals surface area contributed by atoms with Crippen LogP contribution in [0.3, 0.4) is 0 Å². The predicted octanol–water partition coefficient (Wildman–Crippen LogP) is 2.86. The van der Waals surface area contributed by atoms with Gasteiger partial charge in [-0.2, -0.15) is 0 Å². The van der Waals surface area contributed by atoms with Gasteiger partial charge in [-0.15, -0.1) is 0 Å². The molecule has 0 spiro atoms. The van der Waals surface area contributed by atoms with Crippen molar-refractivity contribution in [1.82, 2.24) is 14.9 Å². The van der Waals surface area contributed by atoms with Gasteiger partial charge in [0.2, 0.25) is 0 Å². The lowest BCUT2D eigenvalue weighted by Gasteiger charge is -2.12. The van der Waals surface area contributed by atoms with Crippen LogP contribution >= 0.6 is 15.9 Å². The van der Waals surface area contributed by atoms with Crippen LogP contribution in [-0.4, -0.2) is 16.6 Å². The fraction of sp³-hybridized carbons (Fsp3) is 0.308. The van der Waals surface area contributed by atoms with Crippen LogP contribution < -0.4 is 5.32 Å². The van der Waals surface area contributed by atoms with Crippen molar-refractivity contribution in [2.45, 2.75) is 20.0 Å². The molecule has 0 saturated carbocycles. The van der Waals surface area contributed by atoms with Gasteiger partial charge in [0.25, 0.3) is 0 Å². The second-order valence-electron chi connectivity index (χ2n) is 4.13. The van der Waals surface area contributed by atoms with E-state index in [9.17, 15) is 4.39 Å². The molecule has 2 aromatic rings. The molecule has 1 aromatic carbocycles. The number of halogens is 2. The Morgan fingerprint density at radius 2 is 2.22 bits per heavy atom. The van der Waals surface area contributed by atoms with Crippen LogP contribution in [0.15, 0.2) is 28.9 Å². The number of hydrogen-bond donors (Lipinski definition) is 1. The third-order valence-electron chi connectivity index (χ3n) is 2.86. The molecule has 5 heteroatoms. The number of aryl methyl sites for hydroxylation is 1. The van der Waals surface area contributed by atoms with E-state index >= 15 is 0 Å². The van der Waals surface area contributed by atoms with Gasteiger partial charge >= 0.3 is 0 Å². The number of nitrogens with zero attached hydrogens (tertiary/aromatic N) is 2. The van der Waals surface area contributed by atoms with Crippen LogP contribution in [0, 0.1) is 12.7 Å². The zero-order chi connectivity index (χ0) is 13.1. The minimum atomic E-state index is -0.236. The first-order chi connectivity index (χ1) is 8.63. The molecule has 1 heterocycles. The molecule has 0 fully saturated rings. The van der Waals surface area contributed by atoms with Gasteiger partial charge in [0, 0.05) is 12.7 Å². The molecule has 0 aliphatic carbocycles. The molecule has 0 bridgehead atoms. The smallest absolute Gasteiger partial charge is 0.137 e. The van der Waals surface area contributed by atoms with E-state index in [1.165, 1.54) is 6.07 Å². The van der Waals surface area contributed by atoms with E-state index in [-0.39, 0.29) is 5.82 Å². The lowest BCUT2D eigenvalue weighted by Crippen LogP contribution is -2.13. The molecule has 0 aliphatic heterocycles. The van der Waals surface area contributed by atoms with Gasteiger partial charge < -0.3 is 9.88 Å². The maximum atomic E-state index is 13.5. The number of rotatable bonds is 4. The summed E-state index contributed by atoms with van der Waals surface area (Å²) < 4.78 is 16.1. The first-order valence-electron chi connectivity index (χ1n) is 5.72. The average Bonchev–Trinajstić information content (AvgIpc) is 2.68. The van der Waals surface area contributed by atoms with Gasteiger partial charge in [-0.25, -0.2) is 9.37 Å². The topological polar surface area (TPSA) is 29.9 Å². The molecule has 0 atom stereocenters. The van der Waals surface area contributed by atoms with Crippen LogP contribution in [0.5, 0.6) is 0 Å². The van der Waals surface area contributed by atoms with E-state index in [1.54, 1.807) is 6.07 Å². The lowest BCUT2D eigenvalue weighted by atomic mass is 10.2. The number of hydrogen-bond acceptors (Lipinski definition) is 2. The van der Waals surface area contributed by atoms with Crippen molar-refractivity contribution >= 4 is 15.9 Å². The Kier molecular flexibility index (Phi) is 4.14. The van der Waals surface area contributed by atoms with Crippen molar-refractivity contribution in [3.63, 3.8) is 0 Å². The van der Waals surface area contributed by atoms with Gasteiger partial charge in [0.1, 0.15) is 11.6 Å². The minimum Gasteiger partial charge on any atom is -0.327 e. The first-order valence-corrected chi connectivity index (χ1v) is 6.51. The molecule has 0 amide bonds. The molecule has 3 nitrogen and oxygen atoms in total. The predicted molar refractivity (Wildman–Crippen MR) is 72.9 cm³/mol. The van der Waals surface area contributed by atoms with Gasteiger partial charge in [-0.1, -0.05) is 12.1 Å². The second-order valence-corrected chi connectivity index (χ2v) is 4.92. The summed E-state index contributed by atoms with van der Waals surface area (Å²) in [7, 11) is 1.89. The van der Waals surface area contributed by atoms with Gasteiger partial charge in [0.05, 0.1) is 16.7 Å². The fourth-order valence-electron chi connectivity index (χ4n) is 1.89. The van der Waals surface area contributed by atoms with Crippen LogP contribution in [0.4, 0.5) is 4.39 Å². The zero-order valence-electron chi connectivity index (χ0n) is 10.4. The van der Waals surface area contributed by atoms with E-state index in [1.807, 2.05) is 26.2 Å². The Hall–Kier alpha value is -1.20. The molecule has 96 valence electrons. The summed E-state index contributed by atoms with van der Waals surface area (Å²) in [6, 6.07) is 5.08. The van der Waals surface area contributed by atoms with Crippen molar-refractivity contribution in [1.29, 1.82) is 0 Å². The van der Waals surface area contributed by atoms with Crippen LogP contribution in [0.1, 0.15) is 17.1 Å². The molecule has 0 radical (unpaired) electrons. The molecule has 0 saturated heterocycles. The maximum absolute atomic E-state index is 13.5. The molecular formula is C13H15BrFN3. The Labute approximate surface area is 114 Å². The molecule has 1 aromatic heterocycles. The van der Waals surface area contributed by atoms with E-state index in [4.69, 9.17) is 0 Å². The third-order valence-corrected chi connectivity index (χ3v) is 3.74. The van der Waals surface area contributed by atoms with Crippen LogP contribution in [0.25, 0.3) is 0 Å². The van der Waals surface area contributed by atoms with E-state index in [0.717, 1.165) is 23.6 Å². The molecule has 0 aliphatic rings. The number of nitrogens with one attached hydrogen (secondary N) is 1. The van der Waals surface area contributed by atoms with Crippen molar-refractivity contribution < 1.29 is 4.39 Å². The maximum Gasteiger partial charge on any atom is 0.137 e. The van der Waals surface area contributed by atoms with Crippen LogP contribution in [0.2, 0.25) is 0 Å². The Morgan fingerprint density at radius 3 is 2.94 bits per heavy atom. The Balaban J connectivity index is 2.33. The average molecular weight is 312 g/mol. The van der Waals surface area contributed by atoms with Crippen molar-refractivity contribution in [2.75, 3.05) is 7.05 Å². The normalized spacial score (nSPS) is 10.9. The standard InChI is InChI=1S/C13H15BrFN3/c1-9-17-7-11(6-16-2)18(9)8-10-4-3-5-12(15)13(10)14/h3-5,7,16H,6,8H2,1-2H3. The number of aromatic nitrogens is 2. The number of imidazole rings is 1. The summed E-state index contributed by atoms with van der Waals surface area (Å²) in [4.78, 5) is 4.30. The summed E-state index contributed by atoms with van der Waals surface area (Å²) in [5.74, 6) is 0.692. The van der Waals surface area contributed by atoms with E-state index < -0.39 is 0 Å². The molecule has 2 rings (SSSR count). The summed E-state index contributed by atoms with van der Waals surface area (Å²) in [5, 5.41) is 3.10. The summed E-state index contributed by atoms with van der Waals surface area (Å²) >= 11 is 3.29. The highest BCUT2D eigenvalue weighted by molar-refractivity contribution is 9.10. The SMILES string of the molecule is CNCc1cnc(C)n1Cc1cccc(F)c1Br. The van der Waals surface area contributed by atoms with Crippen LogP contribution in [-0.2, 0) is 13.1 Å². The minimum absolute atomic E-state index is 0.236. The van der Waals surface area contributed by atoms with Crippen molar-refractivity contribution in [3.05, 3.63) is 51.8 Å². The monoisotopic (exact) mass is 311 g/mol. The zero-order valence-corrected chi connectivity index (χ0v) is 12.0. The highest BCUT2D eigenvalue weighted by Gasteiger charge is 2.10. The fourth-order valence-corrected chi connectivity index (χ4v) is 2.28. The molecule has 1 N–H and O–H groups in total. The summed E-state index contributed by atoms with van der Waals surface area (Å²) in [6.45, 7) is 3.31. The third kappa shape index (κ3) is 2.62. The van der Waals surface area contributed by atoms with Gasteiger partial charge in [0.15, 0.2) is 0 Å². The Morgan fingerprint density at radius 1 is 1.44 bits per heavy atom. The van der Waals surface area contributed by atoms with Gasteiger partial charge in [-0.05, 0) is 41.5 Å². The lowest BCUT2D eigenvalue weighted by molar-refractivity contribution is 0.612. The second kappa shape index (κ2) is 5.63. The highest BCUT2D eigenvalue weighted by Crippen LogP contribution is 2.22. The van der Waals surface area contributed by atoms with E-state index in [2.05, 4.69) is 30.8 Å². The quantitative estimate of drug-likeness (QED) is 0.941. The van der Waals surface area contributed by atoms with Gasteiger partial charge in [-0.3, -0.25) is 0 Å². The number of benzene rings is 1. The molecular weight excluding hydrogens is 297 g/mol. The highest BCUT2D eigenvalue weighted by atomic mass is 79.9. The van der Waals surface area contributed by atoms with Crippen molar-refractivity contribution in [3.8, 4) is 0 Å². The molecule has 18 heavy (non-hydrogen) atoms. The Bertz CT molecular complexity index is 551. The summed E-state index contributed by atoms with van der Waals surface area (Å²) in [6.07, 6.45) is 1.85. The largest absolute Gasteiger partial charge is 0.327 e. The molecule has 0 unspecified atom stereocenters.